The molecule has 0 aliphatic heterocycles. The molecule has 0 saturated heterocycles. The zero-order valence-corrected chi connectivity index (χ0v) is 11.6. The Morgan fingerprint density at radius 2 is 1.63 bits per heavy atom. The molecule has 96 valence electrons. The molecule has 1 aromatic heterocycles. The number of aromatic nitrogens is 2. The lowest BCUT2D eigenvalue weighted by Gasteiger charge is -2.07. The summed E-state index contributed by atoms with van der Waals surface area (Å²) in [6.07, 6.45) is 0. The fourth-order valence-corrected chi connectivity index (χ4v) is 2.38. The number of fused-ring (bicyclic) bond motifs is 1. The predicted molar refractivity (Wildman–Crippen MR) is 80.4 cm³/mol. The normalized spacial score (nSPS) is 11.4. The van der Waals surface area contributed by atoms with Crippen molar-refractivity contribution in [2.24, 2.45) is 0 Å². The summed E-state index contributed by atoms with van der Waals surface area (Å²) in [6, 6.07) is 15.2. The number of imidazole rings is 1. The summed E-state index contributed by atoms with van der Waals surface area (Å²) in [6.45, 7) is 6.42. The maximum absolute atomic E-state index is 4.43. The Morgan fingerprint density at radius 1 is 0.947 bits per heavy atom. The number of H-pyrrole nitrogens is 1. The van der Waals surface area contributed by atoms with E-state index in [2.05, 4.69) is 66.3 Å². The first-order valence-corrected chi connectivity index (χ1v) is 6.70. The molecule has 0 aliphatic carbocycles. The molecule has 2 aromatic carbocycles. The third-order valence-corrected chi connectivity index (χ3v) is 3.51. The Labute approximate surface area is 113 Å². The van der Waals surface area contributed by atoms with E-state index in [1.54, 1.807) is 0 Å². The highest BCUT2D eigenvalue weighted by Crippen LogP contribution is 2.25. The number of hydrogen-bond acceptors (Lipinski definition) is 1. The quantitative estimate of drug-likeness (QED) is 0.704. The van der Waals surface area contributed by atoms with Gasteiger partial charge in [-0.15, -0.1) is 0 Å². The van der Waals surface area contributed by atoms with Crippen molar-refractivity contribution in [1.29, 1.82) is 0 Å². The van der Waals surface area contributed by atoms with Crippen LogP contribution in [0.25, 0.3) is 22.2 Å². The molecule has 0 aliphatic rings. The maximum atomic E-state index is 4.43. The second-order valence-electron chi connectivity index (χ2n) is 5.33. The minimum absolute atomic E-state index is 0.576. The Balaban J connectivity index is 2.03. The number of benzene rings is 2. The van der Waals surface area contributed by atoms with Gasteiger partial charge < -0.3 is 4.98 Å². The zero-order chi connectivity index (χ0) is 13.4. The molecule has 0 saturated carbocycles. The Kier molecular flexibility index (Phi) is 2.86. The molecule has 0 unspecified atom stereocenters. The molecular weight excluding hydrogens is 232 g/mol. The van der Waals surface area contributed by atoms with Gasteiger partial charge in [-0.2, -0.15) is 0 Å². The van der Waals surface area contributed by atoms with Gasteiger partial charge in [-0.25, -0.2) is 4.98 Å². The number of aromatic amines is 1. The molecule has 2 nitrogen and oxygen atoms in total. The van der Waals surface area contributed by atoms with Gasteiger partial charge in [-0.3, -0.25) is 0 Å². The summed E-state index contributed by atoms with van der Waals surface area (Å²) in [7, 11) is 0. The molecule has 0 radical (unpaired) electrons. The third kappa shape index (κ3) is 2.26. The molecule has 0 bridgehead atoms. The van der Waals surface area contributed by atoms with Crippen molar-refractivity contribution >= 4 is 11.0 Å². The summed E-state index contributed by atoms with van der Waals surface area (Å²) in [5, 5.41) is 0. The van der Waals surface area contributed by atoms with Gasteiger partial charge in [0.2, 0.25) is 0 Å². The summed E-state index contributed by atoms with van der Waals surface area (Å²) in [4.78, 5) is 7.72. The lowest BCUT2D eigenvalue weighted by Crippen LogP contribution is -1.86. The predicted octanol–water partition coefficient (Wildman–Crippen LogP) is 4.66. The topological polar surface area (TPSA) is 28.7 Å². The number of rotatable bonds is 2. The van der Waals surface area contributed by atoms with Crippen LogP contribution in [0, 0.1) is 6.92 Å². The van der Waals surface area contributed by atoms with Gasteiger partial charge in [0.05, 0.1) is 11.0 Å². The highest BCUT2D eigenvalue weighted by atomic mass is 14.9. The van der Waals surface area contributed by atoms with Crippen molar-refractivity contribution in [3.05, 3.63) is 53.9 Å². The summed E-state index contributed by atoms with van der Waals surface area (Å²) < 4.78 is 0. The second-order valence-corrected chi connectivity index (χ2v) is 5.33. The van der Waals surface area contributed by atoms with Gasteiger partial charge in [0, 0.05) is 0 Å². The first kappa shape index (κ1) is 12.0. The van der Waals surface area contributed by atoms with Crippen molar-refractivity contribution in [2.75, 3.05) is 0 Å². The first-order chi connectivity index (χ1) is 9.13. The number of nitrogens with zero attached hydrogens (tertiary/aromatic N) is 1. The van der Waals surface area contributed by atoms with Crippen LogP contribution in [0.5, 0.6) is 0 Å². The fourth-order valence-electron chi connectivity index (χ4n) is 2.38. The minimum Gasteiger partial charge on any atom is -0.342 e. The van der Waals surface area contributed by atoms with Crippen LogP contribution in [0.4, 0.5) is 0 Å². The lowest BCUT2D eigenvalue weighted by molar-refractivity contribution is 0.867. The molecule has 19 heavy (non-hydrogen) atoms. The Hall–Kier alpha value is -2.09. The molecule has 0 amide bonds. The van der Waals surface area contributed by atoms with Crippen molar-refractivity contribution in [1.82, 2.24) is 9.97 Å². The van der Waals surface area contributed by atoms with Gasteiger partial charge in [0.15, 0.2) is 0 Å². The fraction of sp³-hybridized carbons (Fsp3) is 0.235. The van der Waals surface area contributed by atoms with E-state index in [1.807, 2.05) is 6.92 Å². The van der Waals surface area contributed by atoms with E-state index >= 15 is 0 Å². The van der Waals surface area contributed by atoms with Crippen LogP contribution in [-0.4, -0.2) is 9.97 Å². The van der Waals surface area contributed by atoms with Crippen molar-refractivity contribution in [3.63, 3.8) is 0 Å². The Bertz CT molecular complexity index is 706. The van der Waals surface area contributed by atoms with Crippen LogP contribution < -0.4 is 0 Å². The molecule has 2 heteroatoms. The zero-order valence-electron chi connectivity index (χ0n) is 11.6. The van der Waals surface area contributed by atoms with Crippen LogP contribution in [0.3, 0.4) is 0 Å². The lowest BCUT2D eigenvalue weighted by atomic mass is 9.99. The summed E-state index contributed by atoms with van der Waals surface area (Å²) in [5.74, 6) is 1.54. The second kappa shape index (κ2) is 4.54. The highest BCUT2D eigenvalue weighted by molar-refractivity contribution is 5.82. The molecule has 3 aromatic rings. The monoisotopic (exact) mass is 250 g/mol. The molecule has 0 fully saturated rings. The average Bonchev–Trinajstić information content (AvgIpc) is 2.77. The van der Waals surface area contributed by atoms with Gasteiger partial charge in [-0.1, -0.05) is 44.2 Å². The summed E-state index contributed by atoms with van der Waals surface area (Å²) >= 11 is 0. The Morgan fingerprint density at radius 3 is 2.32 bits per heavy atom. The number of aryl methyl sites for hydroxylation is 1. The van der Waals surface area contributed by atoms with Crippen LogP contribution >= 0.6 is 0 Å². The number of nitrogens with one attached hydrogen (secondary N) is 1. The highest BCUT2D eigenvalue weighted by Gasteiger charge is 2.04. The van der Waals surface area contributed by atoms with Gasteiger partial charge >= 0.3 is 0 Å². The van der Waals surface area contributed by atoms with Gasteiger partial charge in [-0.05, 0) is 41.7 Å². The van der Waals surface area contributed by atoms with Crippen LogP contribution in [0.1, 0.15) is 31.2 Å². The van der Waals surface area contributed by atoms with E-state index in [-0.39, 0.29) is 0 Å². The van der Waals surface area contributed by atoms with Crippen LogP contribution in [0.15, 0.2) is 42.5 Å². The van der Waals surface area contributed by atoms with E-state index in [0.717, 1.165) is 16.9 Å². The van der Waals surface area contributed by atoms with Crippen molar-refractivity contribution in [3.8, 4) is 11.1 Å². The minimum atomic E-state index is 0.576. The largest absolute Gasteiger partial charge is 0.342 e. The van der Waals surface area contributed by atoms with Crippen molar-refractivity contribution < 1.29 is 0 Å². The van der Waals surface area contributed by atoms with E-state index in [4.69, 9.17) is 0 Å². The van der Waals surface area contributed by atoms with Crippen molar-refractivity contribution in [2.45, 2.75) is 26.7 Å². The van der Waals surface area contributed by atoms with E-state index in [9.17, 15) is 0 Å². The molecule has 3 rings (SSSR count). The smallest absolute Gasteiger partial charge is 0.104 e. The summed E-state index contributed by atoms with van der Waals surface area (Å²) in [5.41, 5.74) is 5.98. The molecule has 0 spiro atoms. The molecule has 1 heterocycles. The van der Waals surface area contributed by atoms with E-state index in [1.165, 1.54) is 16.7 Å². The first-order valence-electron chi connectivity index (χ1n) is 6.70. The van der Waals surface area contributed by atoms with Gasteiger partial charge in [0.1, 0.15) is 5.82 Å². The number of hydrogen-bond donors (Lipinski definition) is 1. The van der Waals surface area contributed by atoms with Crippen LogP contribution in [-0.2, 0) is 0 Å². The SMILES string of the molecule is Cc1nc2ccc(-c3ccc(C(C)C)cc3)cc2[nH]1. The maximum Gasteiger partial charge on any atom is 0.104 e. The van der Waals surface area contributed by atoms with E-state index in [0.29, 0.717) is 5.92 Å². The molecule has 0 atom stereocenters. The molecular formula is C17H18N2. The van der Waals surface area contributed by atoms with Crippen LogP contribution in [0.2, 0.25) is 0 Å². The van der Waals surface area contributed by atoms with E-state index < -0.39 is 0 Å². The standard InChI is InChI=1S/C17H18N2/c1-11(2)13-4-6-14(7-5-13)15-8-9-16-17(10-15)19-12(3)18-16/h4-11H,1-3H3,(H,18,19). The molecule has 1 N–H and O–H groups in total. The third-order valence-electron chi connectivity index (χ3n) is 3.51. The average molecular weight is 250 g/mol. The van der Waals surface area contributed by atoms with Gasteiger partial charge in [0.25, 0.3) is 0 Å².